The molecule has 0 unspecified atom stereocenters. The Hall–Kier alpha value is -2.58. The number of hydrogen-bond donors (Lipinski definition) is 0. The lowest BCUT2D eigenvalue weighted by Gasteiger charge is -2.10. The van der Waals surface area contributed by atoms with Gasteiger partial charge in [0.1, 0.15) is 5.75 Å². The van der Waals surface area contributed by atoms with Crippen molar-refractivity contribution in [3.63, 3.8) is 0 Å². The van der Waals surface area contributed by atoms with Crippen LogP contribution in [0.3, 0.4) is 0 Å². The SMILES string of the molecule is COc1cc(-c2noc(COc3ccc(Cl)cc3Cl)n2)ccc1OC(F)F. The Bertz CT molecular complexity index is 937. The van der Waals surface area contributed by atoms with Crippen LogP contribution >= 0.6 is 23.2 Å². The lowest BCUT2D eigenvalue weighted by atomic mass is 10.2. The molecule has 3 rings (SSSR count). The maximum absolute atomic E-state index is 12.4. The molecule has 142 valence electrons. The molecule has 0 aliphatic carbocycles. The van der Waals surface area contributed by atoms with E-state index in [4.69, 9.17) is 37.2 Å². The van der Waals surface area contributed by atoms with Crippen LogP contribution in [0.5, 0.6) is 17.2 Å². The van der Waals surface area contributed by atoms with E-state index in [0.29, 0.717) is 21.4 Å². The van der Waals surface area contributed by atoms with Crippen LogP contribution in [-0.4, -0.2) is 23.9 Å². The third-order valence-corrected chi connectivity index (χ3v) is 3.88. The summed E-state index contributed by atoms with van der Waals surface area (Å²) in [6.07, 6.45) is 0. The molecular formula is C17H12Cl2F2N2O4. The van der Waals surface area contributed by atoms with Crippen LogP contribution in [0.25, 0.3) is 11.4 Å². The largest absolute Gasteiger partial charge is 0.493 e. The van der Waals surface area contributed by atoms with Gasteiger partial charge < -0.3 is 18.7 Å². The molecule has 10 heteroatoms. The Kier molecular flexibility index (Phi) is 5.98. The Morgan fingerprint density at radius 1 is 1.07 bits per heavy atom. The van der Waals surface area contributed by atoms with Gasteiger partial charge in [-0.05, 0) is 36.4 Å². The van der Waals surface area contributed by atoms with E-state index in [2.05, 4.69) is 14.9 Å². The lowest BCUT2D eigenvalue weighted by Crippen LogP contribution is -2.03. The predicted octanol–water partition coefficient (Wildman–Crippen LogP) is 5.23. The molecule has 2 aromatic carbocycles. The summed E-state index contributed by atoms with van der Waals surface area (Å²) < 4.78 is 44.9. The van der Waals surface area contributed by atoms with Gasteiger partial charge in [-0.1, -0.05) is 28.4 Å². The number of halogens is 4. The monoisotopic (exact) mass is 416 g/mol. The first-order valence-corrected chi connectivity index (χ1v) is 8.25. The van der Waals surface area contributed by atoms with Gasteiger partial charge in [0, 0.05) is 10.6 Å². The van der Waals surface area contributed by atoms with E-state index < -0.39 is 6.61 Å². The third kappa shape index (κ3) is 4.78. The molecule has 6 nitrogen and oxygen atoms in total. The van der Waals surface area contributed by atoms with Gasteiger partial charge in [-0.15, -0.1) is 0 Å². The van der Waals surface area contributed by atoms with Crippen molar-refractivity contribution >= 4 is 23.2 Å². The van der Waals surface area contributed by atoms with Crippen molar-refractivity contribution in [1.29, 1.82) is 0 Å². The number of aromatic nitrogens is 2. The maximum Gasteiger partial charge on any atom is 0.387 e. The highest BCUT2D eigenvalue weighted by Crippen LogP contribution is 2.33. The van der Waals surface area contributed by atoms with Gasteiger partial charge in [0.2, 0.25) is 5.82 Å². The summed E-state index contributed by atoms with van der Waals surface area (Å²) in [7, 11) is 1.34. The van der Waals surface area contributed by atoms with Crippen LogP contribution in [-0.2, 0) is 6.61 Å². The quantitative estimate of drug-likeness (QED) is 0.525. The Labute approximate surface area is 162 Å². The van der Waals surface area contributed by atoms with Crippen molar-refractivity contribution in [2.75, 3.05) is 7.11 Å². The first-order chi connectivity index (χ1) is 13.0. The van der Waals surface area contributed by atoms with Crippen molar-refractivity contribution in [3.8, 4) is 28.6 Å². The topological polar surface area (TPSA) is 66.6 Å². The first-order valence-electron chi connectivity index (χ1n) is 7.50. The minimum atomic E-state index is -2.96. The van der Waals surface area contributed by atoms with Crippen molar-refractivity contribution in [3.05, 3.63) is 52.3 Å². The smallest absolute Gasteiger partial charge is 0.387 e. The van der Waals surface area contributed by atoms with E-state index in [0.717, 1.165) is 0 Å². The van der Waals surface area contributed by atoms with Crippen LogP contribution in [0.2, 0.25) is 10.0 Å². The zero-order valence-corrected chi connectivity index (χ0v) is 15.3. The van der Waals surface area contributed by atoms with Crippen molar-refractivity contribution in [2.24, 2.45) is 0 Å². The van der Waals surface area contributed by atoms with E-state index in [1.54, 1.807) is 18.2 Å². The molecule has 0 amide bonds. The molecule has 0 N–H and O–H groups in total. The fourth-order valence-electron chi connectivity index (χ4n) is 2.16. The zero-order valence-electron chi connectivity index (χ0n) is 13.8. The fraction of sp³-hybridized carbons (Fsp3) is 0.176. The van der Waals surface area contributed by atoms with Crippen LogP contribution < -0.4 is 14.2 Å². The Balaban J connectivity index is 1.73. The number of methoxy groups -OCH3 is 1. The van der Waals surface area contributed by atoms with E-state index in [-0.39, 0.29) is 29.8 Å². The second-order valence-corrected chi connectivity index (χ2v) is 5.96. The molecule has 27 heavy (non-hydrogen) atoms. The van der Waals surface area contributed by atoms with Gasteiger partial charge >= 0.3 is 6.61 Å². The summed E-state index contributed by atoms with van der Waals surface area (Å²) in [5.41, 5.74) is 0.494. The van der Waals surface area contributed by atoms with Crippen molar-refractivity contribution < 1.29 is 27.5 Å². The van der Waals surface area contributed by atoms with Crippen LogP contribution in [0.4, 0.5) is 8.78 Å². The van der Waals surface area contributed by atoms with Gasteiger partial charge in [0.15, 0.2) is 18.1 Å². The fourth-order valence-corrected chi connectivity index (χ4v) is 2.63. The second-order valence-electron chi connectivity index (χ2n) is 5.12. The molecule has 0 saturated carbocycles. The van der Waals surface area contributed by atoms with Gasteiger partial charge in [-0.3, -0.25) is 0 Å². The normalized spacial score (nSPS) is 10.9. The number of nitrogens with zero attached hydrogens (tertiary/aromatic N) is 2. The summed E-state index contributed by atoms with van der Waals surface area (Å²) in [6.45, 7) is -2.98. The second kappa shape index (κ2) is 8.41. The van der Waals surface area contributed by atoms with E-state index in [1.807, 2.05) is 0 Å². The average Bonchev–Trinajstić information content (AvgIpc) is 3.10. The lowest BCUT2D eigenvalue weighted by molar-refractivity contribution is -0.0512. The van der Waals surface area contributed by atoms with Crippen molar-refractivity contribution in [1.82, 2.24) is 10.1 Å². The summed E-state index contributed by atoms with van der Waals surface area (Å²) in [6, 6.07) is 9.11. The summed E-state index contributed by atoms with van der Waals surface area (Å²) >= 11 is 11.9. The van der Waals surface area contributed by atoms with E-state index >= 15 is 0 Å². The third-order valence-electron chi connectivity index (χ3n) is 3.35. The minimum absolute atomic E-state index is 0.0158. The number of benzene rings is 2. The molecule has 0 spiro atoms. The zero-order chi connectivity index (χ0) is 19.4. The van der Waals surface area contributed by atoms with E-state index in [1.165, 1.54) is 25.3 Å². The van der Waals surface area contributed by atoms with Crippen molar-refractivity contribution in [2.45, 2.75) is 13.2 Å². The van der Waals surface area contributed by atoms with Gasteiger partial charge in [0.05, 0.1) is 12.1 Å². The summed E-state index contributed by atoms with van der Waals surface area (Å²) in [5, 5.41) is 4.67. The Morgan fingerprint density at radius 3 is 2.56 bits per heavy atom. The molecular weight excluding hydrogens is 405 g/mol. The van der Waals surface area contributed by atoms with Gasteiger partial charge in [-0.2, -0.15) is 13.8 Å². The molecule has 0 aliphatic heterocycles. The average molecular weight is 417 g/mol. The minimum Gasteiger partial charge on any atom is -0.493 e. The molecule has 3 aromatic rings. The highest BCUT2D eigenvalue weighted by atomic mass is 35.5. The van der Waals surface area contributed by atoms with E-state index in [9.17, 15) is 8.78 Å². The first kappa shape index (κ1) is 19.2. The number of ether oxygens (including phenoxy) is 3. The predicted molar refractivity (Wildman–Crippen MR) is 93.7 cm³/mol. The molecule has 0 radical (unpaired) electrons. The van der Waals surface area contributed by atoms with Crippen LogP contribution in [0.15, 0.2) is 40.9 Å². The molecule has 0 bridgehead atoms. The van der Waals surface area contributed by atoms with Gasteiger partial charge in [-0.25, -0.2) is 0 Å². The molecule has 0 fully saturated rings. The highest BCUT2D eigenvalue weighted by molar-refractivity contribution is 6.35. The summed E-state index contributed by atoms with van der Waals surface area (Å²) in [5.74, 6) is 0.862. The Morgan fingerprint density at radius 2 is 1.85 bits per heavy atom. The molecule has 0 atom stereocenters. The molecule has 1 heterocycles. The highest BCUT2D eigenvalue weighted by Gasteiger charge is 2.15. The molecule has 1 aromatic heterocycles. The van der Waals surface area contributed by atoms with Gasteiger partial charge in [0.25, 0.3) is 5.89 Å². The van der Waals surface area contributed by atoms with Crippen LogP contribution in [0.1, 0.15) is 5.89 Å². The number of hydrogen-bond acceptors (Lipinski definition) is 6. The molecule has 0 aliphatic rings. The maximum atomic E-state index is 12.4. The number of rotatable bonds is 7. The van der Waals surface area contributed by atoms with Crippen LogP contribution in [0, 0.1) is 0 Å². The molecule has 0 saturated heterocycles. The standard InChI is InChI=1S/C17H12Cl2F2N2O4/c1-24-14-6-9(2-4-13(14)26-17(20)21)16-22-15(27-23-16)8-25-12-5-3-10(18)7-11(12)19/h2-7,17H,8H2,1H3. The number of alkyl halides is 2. The summed E-state index contributed by atoms with van der Waals surface area (Å²) in [4.78, 5) is 4.19.